The third-order valence-corrected chi connectivity index (χ3v) is 1.45. The van der Waals surface area contributed by atoms with E-state index in [1.807, 2.05) is 0 Å². The highest BCUT2D eigenvalue weighted by Crippen LogP contribution is 2.01. The normalized spacial score (nSPS) is 9.33. The maximum absolute atomic E-state index is 11.1. The van der Waals surface area contributed by atoms with Gasteiger partial charge in [-0.25, -0.2) is 9.59 Å². The van der Waals surface area contributed by atoms with Gasteiger partial charge in [-0.2, -0.15) is 0 Å². The summed E-state index contributed by atoms with van der Waals surface area (Å²) in [5.74, 6) is -1.02. The highest BCUT2D eigenvalue weighted by molar-refractivity contribution is 5.86. The van der Waals surface area contributed by atoms with Crippen LogP contribution in [0.15, 0.2) is 35.5 Å². The van der Waals surface area contributed by atoms with Crippen molar-refractivity contribution in [2.24, 2.45) is 0 Å². The van der Waals surface area contributed by atoms with E-state index in [1.165, 1.54) is 12.3 Å². The molecule has 0 bridgehead atoms. The second-order valence-corrected chi connectivity index (χ2v) is 2.48. The maximum Gasteiger partial charge on any atom is 0.374 e. The van der Waals surface area contributed by atoms with E-state index in [0.29, 0.717) is 0 Å². The molecule has 0 aliphatic carbocycles. The van der Waals surface area contributed by atoms with Crippen molar-refractivity contribution in [3.8, 4) is 0 Å². The third-order valence-electron chi connectivity index (χ3n) is 1.45. The highest BCUT2D eigenvalue weighted by atomic mass is 16.6. The van der Waals surface area contributed by atoms with Gasteiger partial charge in [0, 0.05) is 6.08 Å². The van der Waals surface area contributed by atoms with Crippen molar-refractivity contribution in [3.63, 3.8) is 0 Å². The Bertz CT molecular complexity index is 339. The van der Waals surface area contributed by atoms with Crippen LogP contribution in [0.1, 0.15) is 10.6 Å². The van der Waals surface area contributed by atoms with E-state index in [9.17, 15) is 9.59 Å². The summed E-state index contributed by atoms with van der Waals surface area (Å²) in [4.78, 5) is 21.7. The molecule has 15 heavy (non-hydrogen) atoms. The summed E-state index contributed by atoms with van der Waals surface area (Å²) in [7, 11) is 0. The van der Waals surface area contributed by atoms with E-state index in [0.717, 1.165) is 6.08 Å². The van der Waals surface area contributed by atoms with Gasteiger partial charge < -0.3 is 13.9 Å². The van der Waals surface area contributed by atoms with Crippen LogP contribution in [0.4, 0.5) is 0 Å². The van der Waals surface area contributed by atoms with Crippen LogP contribution in [0.2, 0.25) is 0 Å². The Labute approximate surface area is 86.3 Å². The van der Waals surface area contributed by atoms with E-state index < -0.39 is 11.9 Å². The summed E-state index contributed by atoms with van der Waals surface area (Å²) in [6.07, 6.45) is 2.41. The Kier molecular flexibility index (Phi) is 4.15. The molecule has 5 heteroatoms. The molecule has 5 nitrogen and oxygen atoms in total. The Morgan fingerprint density at radius 2 is 2.13 bits per heavy atom. The molecule has 0 radical (unpaired) electrons. The average Bonchev–Trinajstić information content (AvgIpc) is 2.77. The molecule has 80 valence electrons. The molecule has 0 amide bonds. The first-order valence-electron chi connectivity index (χ1n) is 4.24. The van der Waals surface area contributed by atoms with Gasteiger partial charge in [-0.05, 0) is 12.1 Å². The lowest BCUT2D eigenvalue weighted by Crippen LogP contribution is -2.12. The van der Waals surface area contributed by atoms with E-state index in [2.05, 4.69) is 11.3 Å². The largest absolute Gasteiger partial charge is 0.459 e. The lowest BCUT2D eigenvalue weighted by molar-refractivity contribution is -0.138. The first kappa shape index (κ1) is 11.0. The van der Waals surface area contributed by atoms with Gasteiger partial charge in [0.05, 0.1) is 6.26 Å². The predicted octanol–water partition coefficient (Wildman–Crippen LogP) is 1.17. The molecule has 0 N–H and O–H groups in total. The molecule has 0 aliphatic heterocycles. The van der Waals surface area contributed by atoms with Crippen molar-refractivity contribution < 1.29 is 23.5 Å². The fourth-order valence-corrected chi connectivity index (χ4v) is 0.801. The van der Waals surface area contributed by atoms with Crippen LogP contribution in [-0.4, -0.2) is 25.2 Å². The number of hydrogen-bond donors (Lipinski definition) is 0. The standard InChI is InChI=1S/C10H10O5/c1-2-9(11)14-6-7-15-10(12)8-4-3-5-13-8/h2-5H,1,6-7H2. The van der Waals surface area contributed by atoms with Crippen LogP contribution < -0.4 is 0 Å². The minimum atomic E-state index is -0.588. The fraction of sp³-hybridized carbons (Fsp3) is 0.200. The zero-order valence-corrected chi connectivity index (χ0v) is 7.97. The second-order valence-electron chi connectivity index (χ2n) is 2.48. The van der Waals surface area contributed by atoms with Gasteiger partial charge in [-0.15, -0.1) is 0 Å². The molecule has 0 atom stereocenters. The van der Waals surface area contributed by atoms with Gasteiger partial charge in [0.25, 0.3) is 0 Å². The minimum absolute atomic E-state index is 0.00268. The van der Waals surface area contributed by atoms with E-state index in [-0.39, 0.29) is 19.0 Å². The zero-order valence-electron chi connectivity index (χ0n) is 7.97. The van der Waals surface area contributed by atoms with Crippen LogP contribution >= 0.6 is 0 Å². The summed E-state index contributed by atoms with van der Waals surface area (Å²) in [5, 5.41) is 0. The fourth-order valence-electron chi connectivity index (χ4n) is 0.801. The number of esters is 2. The van der Waals surface area contributed by atoms with Crippen LogP contribution in [0.5, 0.6) is 0 Å². The lowest BCUT2D eigenvalue weighted by atomic mass is 10.5. The molecule has 1 heterocycles. The maximum atomic E-state index is 11.1. The molecule has 0 saturated carbocycles. The van der Waals surface area contributed by atoms with E-state index >= 15 is 0 Å². The van der Waals surface area contributed by atoms with Crippen molar-refractivity contribution in [2.75, 3.05) is 13.2 Å². The number of furan rings is 1. The van der Waals surface area contributed by atoms with E-state index in [1.54, 1.807) is 6.07 Å². The van der Waals surface area contributed by atoms with Gasteiger partial charge in [-0.3, -0.25) is 0 Å². The average molecular weight is 210 g/mol. The number of rotatable bonds is 5. The quantitative estimate of drug-likeness (QED) is 0.414. The Balaban J connectivity index is 2.18. The van der Waals surface area contributed by atoms with Crippen molar-refractivity contribution in [1.29, 1.82) is 0 Å². The van der Waals surface area contributed by atoms with Crippen molar-refractivity contribution in [3.05, 3.63) is 36.8 Å². The molecule has 0 saturated heterocycles. The van der Waals surface area contributed by atoms with Gasteiger partial charge in [0.2, 0.25) is 5.76 Å². The van der Waals surface area contributed by atoms with E-state index in [4.69, 9.17) is 9.15 Å². The lowest BCUT2D eigenvalue weighted by Gasteiger charge is -2.02. The molecular formula is C10H10O5. The van der Waals surface area contributed by atoms with Gasteiger partial charge in [0.15, 0.2) is 0 Å². The number of carbonyl (C=O) groups is 2. The van der Waals surface area contributed by atoms with Crippen molar-refractivity contribution in [2.45, 2.75) is 0 Å². The van der Waals surface area contributed by atoms with Crippen LogP contribution in [0.3, 0.4) is 0 Å². The molecule has 1 rings (SSSR count). The van der Waals surface area contributed by atoms with Crippen molar-refractivity contribution in [1.82, 2.24) is 0 Å². The second kappa shape index (κ2) is 5.64. The summed E-state index contributed by atoms with van der Waals surface area (Å²) in [6.45, 7) is 3.20. The molecule has 1 aromatic heterocycles. The third kappa shape index (κ3) is 3.68. The highest BCUT2D eigenvalue weighted by Gasteiger charge is 2.09. The summed E-state index contributed by atoms with van der Waals surface area (Å²) in [5.41, 5.74) is 0. The molecule has 0 unspecified atom stereocenters. The number of carbonyl (C=O) groups excluding carboxylic acids is 2. The number of hydrogen-bond acceptors (Lipinski definition) is 5. The molecule has 0 aromatic carbocycles. The van der Waals surface area contributed by atoms with Crippen LogP contribution in [0, 0.1) is 0 Å². The summed E-state index contributed by atoms with van der Waals surface area (Å²) < 4.78 is 14.1. The predicted molar refractivity (Wildman–Crippen MR) is 50.1 cm³/mol. The SMILES string of the molecule is C=CC(=O)OCCOC(=O)c1ccco1. The van der Waals surface area contributed by atoms with Gasteiger partial charge in [0.1, 0.15) is 13.2 Å². The smallest absolute Gasteiger partial charge is 0.374 e. The first-order chi connectivity index (χ1) is 7.24. The summed E-state index contributed by atoms with van der Waals surface area (Å²) >= 11 is 0. The molecule has 0 fully saturated rings. The monoisotopic (exact) mass is 210 g/mol. The van der Waals surface area contributed by atoms with Crippen LogP contribution in [-0.2, 0) is 14.3 Å². The Morgan fingerprint density at radius 1 is 1.40 bits per heavy atom. The number of ether oxygens (including phenoxy) is 2. The zero-order chi connectivity index (χ0) is 11.1. The molecule has 0 aliphatic rings. The van der Waals surface area contributed by atoms with Crippen LogP contribution in [0.25, 0.3) is 0 Å². The Morgan fingerprint density at radius 3 is 2.73 bits per heavy atom. The first-order valence-corrected chi connectivity index (χ1v) is 4.24. The van der Waals surface area contributed by atoms with Gasteiger partial charge >= 0.3 is 11.9 Å². The molecule has 1 aromatic rings. The van der Waals surface area contributed by atoms with Gasteiger partial charge in [-0.1, -0.05) is 6.58 Å². The Hall–Kier alpha value is -2.04. The molecule has 0 spiro atoms. The molecular weight excluding hydrogens is 200 g/mol. The summed E-state index contributed by atoms with van der Waals surface area (Å²) in [6, 6.07) is 3.06. The minimum Gasteiger partial charge on any atom is -0.459 e. The van der Waals surface area contributed by atoms with Crippen molar-refractivity contribution >= 4 is 11.9 Å². The topological polar surface area (TPSA) is 65.7 Å².